The second-order valence-electron chi connectivity index (χ2n) is 8.77. The molecule has 0 aliphatic rings. The maximum atomic E-state index is 13.1. The predicted octanol–water partition coefficient (Wildman–Crippen LogP) is 6.21. The number of carbonyl (C=O) groups is 1. The van der Waals surface area contributed by atoms with E-state index in [2.05, 4.69) is 35.4 Å². The molecular weight excluding hydrogens is 494 g/mol. The minimum absolute atomic E-state index is 0.0474. The van der Waals surface area contributed by atoms with Crippen molar-refractivity contribution in [1.29, 1.82) is 0 Å². The van der Waals surface area contributed by atoms with Gasteiger partial charge in [-0.3, -0.25) is 4.79 Å². The summed E-state index contributed by atoms with van der Waals surface area (Å²) in [4.78, 5) is 19.8. The van der Waals surface area contributed by atoms with Crippen molar-refractivity contribution >= 4 is 17.7 Å². The molecule has 7 heteroatoms. The average Bonchev–Trinajstić information content (AvgIpc) is 3.33. The number of aromatic nitrogens is 2. The minimum Gasteiger partial charge on any atom is -0.493 e. The molecule has 0 spiro atoms. The van der Waals surface area contributed by atoms with Crippen molar-refractivity contribution in [2.24, 2.45) is 0 Å². The molecule has 0 bridgehead atoms. The molecule has 4 aromatic rings. The fourth-order valence-electron chi connectivity index (χ4n) is 4.22. The van der Waals surface area contributed by atoms with Crippen molar-refractivity contribution in [1.82, 2.24) is 14.5 Å². The molecule has 1 heterocycles. The highest BCUT2D eigenvalue weighted by atomic mass is 32.2. The first kappa shape index (κ1) is 27.1. The molecule has 0 fully saturated rings. The highest BCUT2D eigenvalue weighted by Crippen LogP contribution is 2.36. The number of ether oxygens (including phenoxy) is 2. The van der Waals surface area contributed by atoms with Crippen molar-refractivity contribution in [2.75, 3.05) is 33.6 Å². The first-order valence-electron chi connectivity index (χ1n) is 12.5. The minimum atomic E-state index is 0.0474. The number of likely N-dealkylation sites (N-methyl/N-ethyl adjacent to an activating group) is 1. The molecule has 3 aromatic carbocycles. The Hall–Kier alpha value is -3.97. The van der Waals surface area contributed by atoms with Crippen LogP contribution in [0.2, 0.25) is 0 Å². The second kappa shape index (κ2) is 13.0. The molecule has 0 radical (unpaired) electrons. The van der Waals surface area contributed by atoms with Gasteiger partial charge in [0.2, 0.25) is 5.91 Å². The van der Waals surface area contributed by atoms with Crippen LogP contribution in [0.1, 0.15) is 5.56 Å². The molecule has 6 nitrogen and oxygen atoms in total. The van der Waals surface area contributed by atoms with Crippen LogP contribution < -0.4 is 9.47 Å². The maximum Gasteiger partial charge on any atom is 0.232 e. The standard InChI is InChI=1S/C31H33N3O3S/c1-5-19-34-30(25-14-10-7-11-15-25)29(24-12-8-6-9-13-24)32-31(34)38-22-28(35)33(2)20-18-23-16-17-26(36-3)27(21-23)37-4/h5-17,21H,1,18-20,22H2,2-4H3. The summed E-state index contributed by atoms with van der Waals surface area (Å²) in [7, 11) is 5.08. The lowest BCUT2D eigenvalue weighted by molar-refractivity contribution is -0.127. The molecular formula is C31H33N3O3S. The molecule has 0 N–H and O–H groups in total. The summed E-state index contributed by atoms with van der Waals surface area (Å²) < 4.78 is 12.9. The van der Waals surface area contributed by atoms with E-state index in [0.29, 0.717) is 36.8 Å². The molecule has 0 saturated carbocycles. The Labute approximate surface area is 228 Å². The van der Waals surface area contributed by atoms with Gasteiger partial charge in [-0.2, -0.15) is 0 Å². The number of thioether (sulfide) groups is 1. The van der Waals surface area contributed by atoms with E-state index in [-0.39, 0.29) is 5.91 Å². The van der Waals surface area contributed by atoms with E-state index < -0.39 is 0 Å². The Bertz CT molecular complexity index is 1370. The van der Waals surface area contributed by atoms with E-state index in [1.807, 2.05) is 67.7 Å². The fraction of sp³-hybridized carbons (Fsp3) is 0.226. The first-order valence-corrected chi connectivity index (χ1v) is 13.4. The second-order valence-corrected chi connectivity index (χ2v) is 9.71. The van der Waals surface area contributed by atoms with E-state index >= 15 is 0 Å². The number of hydrogen-bond acceptors (Lipinski definition) is 5. The third-order valence-electron chi connectivity index (χ3n) is 6.27. The number of methoxy groups -OCH3 is 2. The van der Waals surface area contributed by atoms with Gasteiger partial charge < -0.3 is 18.9 Å². The Morgan fingerprint density at radius 2 is 1.63 bits per heavy atom. The lowest BCUT2D eigenvalue weighted by Crippen LogP contribution is -2.30. The van der Waals surface area contributed by atoms with Crippen LogP contribution in [0.5, 0.6) is 11.5 Å². The topological polar surface area (TPSA) is 56.6 Å². The third kappa shape index (κ3) is 6.29. The van der Waals surface area contributed by atoms with Crippen LogP contribution in [-0.4, -0.2) is 53.9 Å². The number of amides is 1. The summed E-state index contributed by atoms with van der Waals surface area (Å²) >= 11 is 1.46. The van der Waals surface area contributed by atoms with E-state index in [4.69, 9.17) is 14.5 Å². The van der Waals surface area contributed by atoms with Crippen LogP contribution in [-0.2, 0) is 17.8 Å². The van der Waals surface area contributed by atoms with Gasteiger partial charge in [-0.1, -0.05) is 84.6 Å². The van der Waals surface area contributed by atoms with Crippen LogP contribution in [0.25, 0.3) is 22.5 Å². The smallest absolute Gasteiger partial charge is 0.232 e. The number of rotatable bonds is 12. The molecule has 0 aliphatic carbocycles. The molecule has 0 atom stereocenters. The summed E-state index contributed by atoms with van der Waals surface area (Å²) in [5.41, 5.74) is 5.11. The molecule has 0 aliphatic heterocycles. The number of allylic oxidation sites excluding steroid dienone is 1. The summed E-state index contributed by atoms with van der Waals surface area (Å²) in [5.74, 6) is 1.72. The molecule has 0 saturated heterocycles. The largest absolute Gasteiger partial charge is 0.493 e. The summed E-state index contributed by atoms with van der Waals surface area (Å²) in [6.07, 6.45) is 2.58. The van der Waals surface area contributed by atoms with Crippen molar-refractivity contribution in [3.8, 4) is 34.0 Å². The van der Waals surface area contributed by atoms with Crippen LogP contribution in [0, 0.1) is 0 Å². The number of imidazole rings is 1. The maximum absolute atomic E-state index is 13.1. The number of benzene rings is 3. The normalized spacial score (nSPS) is 10.7. The van der Waals surface area contributed by atoms with Crippen molar-refractivity contribution in [3.63, 3.8) is 0 Å². The van der Waals surface area contributed by atoms with Gasteiger partial charge in [0, 0.05) is 31.3 Å². The zero-order chi connectivity index (χ0) is 26.9. The number of nitrogens with zero attached hydrogens (tertiary/aromatic N) is 3. The zero-order valence-corrected chi connectivity index (χ0v) is 22.9. The zero-order valence-electron chi connectivity index (χ0n) is 22.1. The lowest BCUT2D eigenvalue weighted by atomic mass is 10.0. The van der Waals surface area contributed by atoms with Crippen LogP contribution in [0.3, 0.4) is 0 Å². The first-order chi connectivity index (χ1) is 18.5. The van der Waals surface area contributed by atoms with Crippen molar-refractivity contribution in [3.05, 3.63) is 97.1 Å². The van der Waals surface area contributed by atoms with Crippen LogP contribution >= 0.6 is 11.8 Å². The van der Waals surface area contributed by atoms with Gasteiger partial charge in [0.1, 0.15) is 0 Å². The third-order valence-corrected chi connectivity index (χ3v) is 7.23. The van der Waals surface area contributed by atoms with Crippen molar-refractivity contribution in [2.45, 2.75) is 18.1 Å². The van der Waals surface area contributed by atoms with Crippen molar-refractivity contribution < 1.29 is 14.3 Å². The van der Waals surface area contributed by atoms with E-state index in [9.17, 15) is 4.79 Å². The predicted molar refractivity (Wildman–Crippen MR) is 155 cm³/mol. The fourth-order valence-corrected chi connectivity index (χ4v) is 5.17. The van der Waals surface area contributed by atoms with E-state index in [0.717, 1.165) is 33.2 Å². The molecule has 38 heavy (non-hydrogen) atoms. The molecule has 4 rings (SSSR count). The number of carbonyl (C=O) groups excluding carboxylic acids is 1. The summed E-state index contributed by atoms with van der Waals surface area (Å²) in [5, 5.41) is 0.796. The van der Waals surface area contributed by atoms with Crippen LogP contribution in [0.15, 0.2) is 96.7 Å². The molecule has 196 valence electrons. The Morgan fingerprint density at radius 3 is 2.26 bits per heavy atom. The van der Waals surface area contributed by atoms with Gasteiger partial charge in [0.15, 0.2) is 16.7 Å². The van der Waals surface area contributed by atoms with E-state index in [1.165, 1.54) is 11.8 Å². The van der Waals surface area contributed by atoms with Gasteiger partial charge in [0.25, 0.3) is 0 Å². The quantitative estimate of drug-likeness (QED) is 0.162. The van der Waals surface area contributed by atoms with Gasteiger partial charge in [-0.25, -0.2) is 4.98 Å². The molecule has 0 unspecified atom stereocenters. The average molecular weight is 528 g/mol. The SMILES string of the molecule is C=CCn1c(SCC(=O)N(C)CCc2ccc(OC)c(OC)c2)nc(-c2ccccc2)c1-c1ccccc1. The summed E-state index contributed by atoms with van der Waals surface area (Å²) in [6.45, 7) is 5.15. The monoisotopic (exact) mass is 527 g/mol. The van der Waals surface area contributed by atoms with Gasteiger partial charge in [-0.15, -0.1) is 6.58 Å². The van der Waals surface area contributed by atoms with Gasteiger partial charge >= 0.3 is 0 Å². The Morgan fingerprint density at radius 1 is 0.974 bits per heavy atom. The van der Waals surface area contributed by atoms with Gasteiger partial charge in [-0.05, 0) is 24.1 Å². The van der Waals surface area contributed by atoms with Gasteiger partial charge in [0.05, 0.1) is 31.4 Å². The lowest BCUT2D eigenvalue weighted by Gasteiger charge is -2.18. The summed E-state index contributed by atoms with van der Waals surface area (Å²) in [6, 6.07) is 26.2. The highest BCUT2D eigenvalue weighted by Gasteiger charge is 2.21. The molecule has 1 aromatic heterocycles. The van der Waals surface area contributed by atoms with Crippen LogP contribution in [0.4, 0.5) is 0 Å². The number of hydrogen-bond donors (Lipinski definition) is 0. The Kier molecular flexibility index (Phi) is 9.27. The van der Waals surface area contributed by atoms with E-state index in [1.54, 1.807) is 19.1 Å². The Balaban J connectivity index is 1.51. The molecule has 1 amide bonds. The highest BCUT2D eigenvalue weighted by molar-refractivity contribution is 7.99.